The van der Waals surface area contributed by atoms with Crippen molar-refractivity contribution in [3.05, 3.63) is 64.7 Å². The number of nitrogen functional groups attached to an aromatic ring is 1. The summed E-state index contributed by atoms with van der Waals surface area (Å²) in [5, 5.41) is 20.0. The van der Waals surface area contributed by atoms with Crippen LogP contribution in [0, 0.1) is 24.2 Å². The molecule has 8 nitrogen and oxygen atoms in total. The van der Waals surface area contributed by atoms with Gasteiger partial charge < -0.3 is 25.8 Å². The molecular formula is C25H28N4O4. The van der Waals surface area contributed by atoms with Crippen LogP contribution in [-0.2, 0) is 9.53 Å². The molecule has 0 aromatic heterocycles. The molecular weight excluding hydrogens is 420 g/mol. The maximum Gasteiger partial charge on any atom is 0.334 e. The van der Waals surface area contributed by atoms with Crippen LogP contribution in [0.4, 0.5) is 5.69 Å². The minimum Gasteiger partial charge on any atom is -0.479 e. The van der Waals surface area contributed by atoms with Gasteiger partial charge in [-0.3, -0.25) is 10.2 Å². The molecule has 1 heterocycles. The van der Waals surface area contributed by atoms with Crippen molar-refractivity contribution in [3.8, 4) is 11.8 Å². The number of nitrogens with one attached hydrogen (secondary N) is 2. The molecule has 8 heteroatoms. The van der Waals surface area contributed by atoms with Gasteiger partial charge in [0.05, 0.1) is 12.6 Å². The number of ether oxygens (including phenoxy) is 1. The first-order valence-corrected chi connectivity index (χ1v) is 10.7. The van der Waals surface area contributed by atoms with E-state index < -0.39 is 18.1 Å². The first-order chi connectivity index (χ1) is 15.8. The molecule has 0 spiro atoms. The quantitative estimate of drug-likeness (QED) is 0.293. The van der Waals surface area contributed by atoms with Gasteiger partial charge >= 0.3 is 5.97 Å². The molecule has 2 unspecified atom stereocenters. The Bertz CT molecular complexity index is 1100. The molecule has 33 heavy (non-hydrogen) atoms. The van der Waals surface area contributed by atoms with Crippen molar-refractivity contribution in [1.82, 2.24) is 4.90 Å². The summed E-state index contributed by atoms with van der Waals surface area (Å²) in [6.07, 6.45) is 0.313. The number of carbonyl (C=O) groups is 2. The van der Waals surface area contributed by atoms with Gasteiger partial charge in [-0.15, -0.1) is 0 Å². The number of carboxylic acids is 1. The van der Waals surface area contributed by atoms with E-state index in [2.05, 4.69) is 17.2 Å². The average molecular weight is 449 g/mol. The van der Waals surface area contributed by atoms with Gasteiger partial charge in [-0.1, -0.05) is 11.8 Å². The maximum absolute atomic E-state index is 13.1. The van der Waals surface area contributed by atoms with Crippen LogP contribution in [0.15, 0.2) is 42.5 Å². The number of aryl methyl sites for hydroxylation is 1. The van der Waals surface area contributed by atoms with E-state index in [9.17, 15) is 14.7 Å². The number of rotatable bonds is 7. The number of nitrogens with zero attached hydrogens (tertiary/aromatic N) is 1. The minimum absolute atomic E-state index is 0.0271. The first-order valence-electron chi connectivity index (χ1n) is 10.7. The summed E-state index contributed by atoms with van der Waals surface area (Å²) in [6, 6.07) is 12.1. The maximum atomic E-state index is 13.1. The predicted molar refractivity (Wildman–Crippen MR) is 126 cm³/mol. The number of hydrogen-bond acceptors (Lipinski definition) is 5. The Hall–Kier alpha value is -3.83. The number of methoxy groups -OCH3 is 1. The molecule has 2 aromatic rings. The second-order valence-corrected chi connectivity index (χ2v) is 7.88. The van der Waals surface area contributed by atoms with E-state index in [0.29, 0.717) is 30.6 Å². The fourth-order valence-corrected chi connectivity index (χ4v) is 3.98. The second kappa shape index (κ2) is 10.7. The number of nitrogens with two attached hydrogens (primary N) is 1. The number of carbonyl (C=O) groups excluding carboxylic acids is 1. The molecule has 1 amide bonds. The lowest BCUT2D eigenvalue weighted by molar-refractivity contribution is -0.151. The number of aliphatic carboxylic acids is 1. The SMILES string of the molecule is COC(C(=O)O)C1CCCN1C(=O)c1ccc(C#CCNc2ccc(C(=N)N)cc2)cc1C. The number of anilines is 1. The molecule has 2 aromatic carbocycles. The third kappa shape index (κ3) is 5.70. The van der Waals surface area contributed by atoms with Gasteiger partial charge in [0.15, 0.2) is 6.10 Å². The van der Waals surface area contributed by atoms with Crippen LogP contribution in [0.25, 0.3) is 0 Å². The molecule has 5 N–H and O–H groups in total. The molecule has 1 aliphatic rings. The van der Waals surface area contributed by atoms with E-state index in [-0.39, 0.29) is 11.7 Å². The van der Waals surface area contributed by atoms with Crippen molar-refractivity contribution < 1.29 is 19.4 Å². The van der Waals surface area contributed by atoms with Gasteiger partial charge in [-0.05, 0) is 67.8 Å². The van der Waals surface area contributed by atoms with E-state index >= 15 is 0 Å². The Morgan fingerprint density at radius 1 is 1.30 bits per heavy atom. The average Bonchev–Trinajstić information content (AvgIpc) is 3.26. The largest absolute Gasteiger partial charge is 0.479 e. The van der Waals surface area contributed by atoms with Crippen LogP contribution in [0.2, 0.25) is 0 Å². The van der Waals surface area contributed by atoms with Crippen molar-refractivity contribution in [1.29, 1.82) is 5.41 Å². The molecule has 0 bridgehead atoms. The van der Waals surface area contributed by atoms with Gasteiger partial charge in [0, 0.05) is 36.0 Å². The summed E-state index contributed by atoms with van der Waals surface area (Å²) in [4.78, 5) is 26.2. The number of carboxylic acid groups (broad SMARTS) is 1. The monoisotopic (exact) mass is 448 g/mol. The Morgan fingerprint density at radius 2 is 2.03 bits per heavy atom. The van der Waals surface area contributed by atoms with E-state index in [0.717, 1.165) is 23.2 Å². The van der Waals surface area contributed by atoms with E-state index in [4.69, 9.17) is 15.9 Å². The lowest BCUT2D eigenvalue weighted by atomic mass is 10.0. The van der Waals surface area contributed by atoms with Crippen molar-refractivity contribution >= 4 is 23.4 Å². The highest BCUT2D eigenvalue weighted by molar-refractivity contribution is 5.96. The smallest absolute Gasteiger partial charge is 0.334 e. The van der Waals surface area contributed by atoms with Crippen molar-refractivity contribution in [2.45, 2.75) is 31.9 Å². The Balaban J connectivity index is 1.64. The van der Waals surface area contributed by atoms with Gasteiger partial charge in [0.2, 0.25) is 0 Å². The van der Waals surface area contributed by atoms with Crippen LogP contribution < -0.4 is 11.1 Å². The van der Waals surface area contributed by atoms with Crippen molar-refractivity contribution in [2.75, 3.05) is 25.5 Å². The first kappa shape index (κ1) is 23.8. The van der Waals surface area contributed by atoms with Crippen molar-refractivity contribution in [3.63, 3.8) is 0 Å². The predicted octanol–water partition coefficient (Wildman–Crippen LogP) is 2.45. The normalized spacial score (nSPS) is 15.9. The lowest BCUT2D eigenvalue weighted by Crippen LogP contribution is -2.47. The van der Waals surface area contributed by atoms with Crippen LogP contribution in [0.5, 0.6) is 0 Å². The van der Waals surface area contributed by atoms with Crippen LogP contribution in [-0.4, -0.2) is 60.1 Å². The molecule has 2 atom stereocenters. The highest BCUT2D eigenvalue weighted by atomic mass is 16.5. The van der Waals surface area contributed by atoms with Gasteiger partial charge in [0.1, 0.15) is 5.84 Å². The molecule has 1 fully saturated rings. The summed E-state index contributed by atoms with van der Waals surface area (Å²) in [5.74, 6) is 4.92. The summed E-state index contributed by atoms with van der Waals surface area (Å²) >= 11 is 0. The number of hydrogen-bond donors (Lipinski definition) is 4. The zero-order chi connectivity index (χ0) is 24.0. The summed E-state index contributed by atoms with van der Waals surface area (Å²) in [6.45, 7) is 2.79. The zero-order valence-electron chi connectivity index (χ0n) is 18.7. The number of amidine groups is 1. The van der Waals surface area contributed by atoms with Crippen LogP contribution in [0.1, 0.15) is 39.9 Å². The summed E-state index contributed by atoms with van der Waals surface area (Å²) in [7, 11) is 1.36. The summed E-state index contributed by atoms with van der Waals surface area (Å²) in [5.41, 5.74) is 9.11. The fourth-order valence-electron chi connectivity index (χ4n) is 3.98. The van der Waals surface area contributed by atoms with Crippen molar-refractivity contribution in [2.24, 2.45) is 5.73 Å². The molecule has 0 aliphatic carbocycles. The Labute approximate surface area is 193 Å². The molecule has 0 radical (unpaired) electrons. The van der Waals surface area contributed by atoms with Gasteiger partial charge in [-0.25, -0.2) is 4.79 Å². The lowest BCUT2D eigenvalue weighted by Gasteiger charge is -2.29. The zero-order valence-corrected chi connectivity index (χ0v) is 18.7. The fraction of sp³-hybridized carbons (Fsp3) is 0.320. The number of benzene rings is 2. The topological polar surface area (TPSA) is 129 Å². The highest BCUT2D eigenvalue weighted by Gasteiger charge is 2.39. The Morgan fingerprint density at radius 3 is 2.64 bits per heavy atom. The molecule has 172 valence electrons. The van der Waals surface area contributed by atoms with Gasteiger partial charge in [-0.2, -0.15) is 0 Å². The molecule has 1 aliphatic heterocycles. The van der Waals surface area contributed by atoms with Crippen LogP contribution >= 0.6 is 0 Å². The second-order valence-electron chi connectivity index (χ2n) is 7.88. The summed E-state index contributed by atoms with van der Waals surface area (Å²) < 4.78 is 5.13. The third-order valence-electron chi connectivity index (χ3n) is 5.67. The minimum atomic E-state index is -1.06. The molecule has 3 rings (SSSR count). The Kier molecular flexibility index (Phi) is 7.70. The standard InChI is InChI=1S/C25H28N4O4/c1-16-15-17(5-3-13-28-19-10-8-18(9-11-19)23(26)27)7-12-20(16)24(30)29-14-4-6-21(29)22(33-2)25(31)32/h7-12,15,21-22,28H,4,6,13-14H2,1-2H3,(H3,26,27)(H,31,32). The van der Waals surface area contributed by atoms with Gasteiger partial charge in [0.25, 0.3) is 5.91 Å². The molecule has 1 saturated heterocycles. The highest BCUT2D eigenvalue weighted by Crippen LogP contribution is 2.25. The molecule has 0 saturated carbocycles. The van der Waals surface area contributed by atoms with E-state index in [1.54, 1.807) is 29.2 Å². The number of likely N-dealkylation sites (tertiary alicyclic amines) is 1. The van der Waals surface area contributed by atoms with E-state index in [1.165, 1.54) is 7.11 Å². The third-order valence-corrected chi connectivity index (χ3v) is 5.67. The van der Waals surface area contributed by atoms with E-state index in [1.807, 2.05) is 25.1 Å². The van der Waals surface area contributed by atoms with Crippen LogP contribution in [0.3, 0.4) is 0 Å². The number of amides is 1.